The fourth-order valence-electron chi connectivity index (χ4n) is 3.00. The molecule has 4 nitrogen and oxygen atoms in total. The fraction of sp³-hybridized carbons (Fsp3) is 0.381. The van der Waals surface area contributed by atoms with Crippen molar-refractivity contribution in [1.29, 1.82) is 0 Å². The summed E-state index contributed by atoms with van der Waals surface area (Å²) < 4.78 is 1.55. The van der Waals surface area contributed by atoms with Crippen molar-refractivity contribution >= 4 is 27.3 Å². The Morgan fingerprint density at radius 3 is 2.54 bits per heavy atom. The Bertz CT molecular complexity index is 1040. The van der Waals surface area contributed by atoms with Crippen LogP contribution < -0.4 is 5.56 Å². The first-order chi connectivity index (χ1) is 12.3. The van der Waals surface area contributed by atoms with Crippen LogP contribution in [-0.4, -0.2) is 15.3 Å². The van der Waals surface area contributed by atoms with Gasteiger partial charge in [-0.15, -0.1) is 11.3 Å². The Morgan fingerprint density at radius 2 is 1.92 bits per heavy atom. The SMILES string of the molecule is CCc1cc2c(=O)n(CC(=O)c3ccc(C)c(C)c3)c(C(C)C)nc2s1. The Morgan fingerprint density at radius 1 is 1.19 bits per heavy atom. The molecule has 0 aliphatic carbocycles. The van der Waals surface area contributed by atoms with Gasteiger partial charge in [-0.3, -0.25) is 14.2 Å². The highest BCUT2D eigenvalue weighted by Gasteiger charge is 2.19. The molecule has 0 bridgehead atoms. The lowest BCUT2D eigenvalue weighted by Gasteiger charge is -2.14. The van der Waals surface area contributed by atoms with Crippen LogP contribution in [0.4, 0.5) is 0 Å². The van der Waals surface area contributed by atoms with Gasteiger partial charge in [-0.05, 0) is 43.5 Å². The van der Waals surface area contributed by atoms with Crippen LogP contribution in [0.25, 0.3) is 10.2 Å². The van der Waals surface area contributed by atoms with Crippen molar-refractivity contribution in [3.8, 4) is 0 Å². The number of aromatic nitrogens is 2. The Hall–Kier alpha value is -2.27. The van der Waals surface area contributed by atoms with Gasteiger partial charge in [-0.1, -0.05) is 32.9 Å². The van der Waals surface area contributed by atoms with Crippen LogP contribution in [-0.2, 0) is 13.0 Å². The van der Waals surface area contributed by atoms with E-state index < -0.39 is 0 Å². The van der Waals surface area contributed by atoms with E-state index in [-0.39, 0.29) is 23.8 Å². The van der Waals surface area contributed by atoms with E-state index in [0.717, 1.165) is 27.3 Å². The summed E-state index contributed by atoms with van der Waals surface area (Å²) in [6.07, 6.45) is 0.874. The van der Waals surface area contributed by atoms with E-state index in [4.69, 9.17) is 4.98 Å². The Kier molecular flexibility index (Phi) is 5.10. The summed E-state index contributed by atoms with van der Waals surface area (Å²) in [7, 11) is 0. The second-order valence-corrected chi connectivity index (χ2v) is 8.14. The van der Waals surface area contributed by atoms with Gasteiger partial charge in [-0.25, -0.2) is 4.98 Å². The van der Waals surface area contributed by atoms with Gasteiger partial charge < -0.3 is 0 Å². The predicted octanol–water partition coefficient (Wildman–Crippen LogP) is 4.64. The first-order valence-corrected chi connectivity index (χ1v) is 9.77. The number of carbonyl (C=O) groups excluding carboxylic acids is 1. The lowest BCUT2D eigenvalue weighted by atomic mass is 10.0. The highest BCUT2D eigenvalue weighted by Crippen LogP contribution is 2.24. The summed E-state index contributed by atoms with van der Waals surface area (Å²) in [5.41, 5.74) is 2.74. The van der Waals surface area contributed by atoms with Crippen molar-refractivity contribution < 1.29 is 4.79 Å². The van der Waals surface area contributed by atoms with Crippen LogP contribution in [0.3, 0.4) is 0 Å². The molecule has 0 saturated carbocycles. The smallest absolute Gasteiger partial charge is 0.262 e. The summed E-state index contributed by atoms with van der Waals surface area (Å²) in [4.78, 5) is 32.5. The quantitative estimate of drug-likeness (QED) is 0.616. The number of rotatable bonds is 5. The molecule has 0 saturated heterocycles. The molecule has 1 aromatic carbocycles. The third-order valence-electron chi connectivity index (χ3n) is 4.73. The van der Waals surface area contributed by atoms with Crippen molar-refractivity contribution in [2.24, 2.45) is 0 Å². The number of Topliss-reactive ketones (excluding diaryl/α,β-unsaturated/α-hetero) is 1. The van der Waals surface area contributed by atoms with Crippen LogP contribution in [0, 0.1) is 13.8 Å². The van der Waals surface area contributed by atoms with Crippen molar-refractivity contribution in [1.82, 2.24) is 9.55 Å². The molecular weight excluding hydrogens is 344 g/mol. The molecule has 26 heavy (non-hydrogen) atoms. The number of thiophene rings is 1. The molecule has 136 valence electrons. The highest BCUT2D eigenvalue weighted by atomic mass is 32.1. The average molecular weight is 369 g/mol. The second kappa shape index (κ2) is 7.16. The zero-order valence-corrected chi connectivity index (χ0v) is 16.7. The third-order valence-corrected chi connectivity index (χ3v) is 5.90. The summed E-state index contributed by atoms with van der Waals surface area (Å²) in [6.45, 7) is 10.1. The van der Waals surface area contributed by atoms with Gasteiger partial charge in [-0.2, -0.15) is 0 Å². The predicted molar refractivity (Wildman–Crippen MR) is 108 cm³/mol. The molecule has 5 heteroatoms. The van der Waals surface area contributed by atoms with Gasteiger partial charge in [0.25, 0.3) is 5.56 Å². The van der Waals surface area contributed by atoms with E-state index in [1.807, 2.05) is 52.0 Å². The van der Waals surface area contributed by atoms with E-state index in [0.29, 0.717) is 16.8 Å². The number of hydrogen-bond acceptors (Lipinski definition) is 4. The van der Waals surface area contributed by atoms with Crippen LogP contribution in [0.2, 0.25) is 0 Å². The maximum absolute atomic E-state index is 13.0. The molecule has 0 radical (unpaired) electrons. The van der Waals surface area contributed by atoms with Crippen LogP contribution >= 0.6 is 11.3 Å². The zero-order valence-electron chi connectivity index (χ0n) is 15.9. The zero-order chi connectivity index (χ0) is 19.0. The normalized spacial score (nSPS) is 11.5. The molecule has 0 N–H and O–H groups in total. The maximum atomic E-state index is 13.0. The Balaban J connectivity index is 2.09. The van der Waals surface area contributed by atoms with E-state index in [9.17, 15) is 9.59 Å². The van der Waals surface area contributed by atoms with Crippen molar-refractivity contribution in [2.45, 2.75) is 53.5 Å². The van der Waals surface area contributed by atoms with Gasteiger partial charge in [0.1, 0.15) is 10.7 Å². The van der Waals surface area contributed by atoms with Crippen LogP contribution in [0.1, 0.15) is 58.9 Å². The number of nitrogens with zero attached hydrogens (tertiary/aromatic N) is 2. The summed E-state index contributed by atoms with van der Waals surface area (Å²) in [5.74, 6) is 0.667. The molecule has 3 aromatic rings. The molecule has 0 aliphatic rings. The molecule has 2 heterocycles. The van der Waals surface area contributed by atoms with E-state index >= 15 is 0 Å². The third kappa shape index (κ3) is 3.36. The first kappa shape index (κ1) is 18.5. The Labute approximate surface area is 157 Å². The molecule has 0 aliphatic heterocycles. The van der Waals surface area contributed by atoms with Gasteiger partial charge in [0, 0.05) is 16.4 Å². The number of ketones is 1. The minimum atomic E-state index is -0.119. The van der Waals surface area contributed by atoms with Gasteiger partial charge in [0.05, 0.1) is 11.9 Å². The summed E-state index contributed by atoms with van der Waals surface area (Å²) in [6, 6.07) is 7.58. The lowest BCUT2D eigenvalue weighted by molar-refractivity contribution is 0.0969. The standard InChI is InChI=1S/C21H24N2O2S/c1-6-16-10-17-20(26-16)22-19(12(2)3)23(21(17)25)11-18(24)15-8-7-13(4)14(5)9-15/h7-10,12H,6,11H2,1-5H3. The summed E-state index contributed by atoms with van der Waals surface area (Å²) >= 11 is 1.56. The van der Waals surface area contributed by atoms with Gasteiger partial charge in [0.2, 0.25) is 0 Å². The van der Waals surface area contributed by atoms with Crippen LogP contribution in [0.5, 0.6) is 0 Å². The maximum Gasteiger partial charge on any atom is 0.262 e. The second-order valence-electron chi connectivity index (χ2n) is 7.02. The first-order valence-electron chi connectivity index (χ1n) is 8.95. The molecular formula is C21H24N2O2S. The van der Waals surface area contributed by atoms with Gasteiger partial charge >= 0.3 is 0 Å². The van der Waals surface area contributed by atoms with E-state index in [1.165, 1.54) is 0 Å². The molecule has 3 rings (SSSR count). The number of benzene rings is 1. The largest absolute Gasteiger partial charge is 0.292 e. The van der Waals surface area contributed by atoms with Crippen molar-refractivity contribution in [3.05, 3.63) is 62.0 Å². The molecule has 0 spiro atoms. The highest BCUT2D eigenvalue weighted by molar-refractivity contribution is 7.18. The number of hydrogen-bond donors (Lipinski definition) is 0. The molecule has 0 amide bonds. The van der Waals surface area contributed by atoms with E-state index in [1.54, 1.807) is 15.9 Å². The molecule has 0 fully saturated rings. The lowest BCUT2D eigenvalue weighted by Crippen LogP contribution is -2.29. The topological polar surface area (TPSA) is 52.0 Å². The number of aryl methyl sites for hydroxylation is 3. The number of carbonyl (C=O) groups is 1. The van der Waals surface area contributed by atoms with Gasteiger partial charge in [0.15, 0.2) is 5.78 Å². The average Bonchev–Trinajstić information content (AvgIpc) is 3.03. The van der Waals surface area contributed by atoms with Crippen molar-refractivity contribution in [3.63, 3.8) is 0 Å². The minimum Gasteiger partial charge on any atom is -0.292 e. The minimum absolute atomic E-state index is 0.0229. The van der Waals surface area contributed by atoms with Crippen molar-refractivity contribution in [2.75, 3.05) is 0 Å². The molecule has 0 unspecified atom stereocenters. The number of fused-ring (bicyclic) bond motifs is 1. The fourth-order valence-corrected chi connectivity index (χ4v) is 3.96. The molecule has 2 aromatic heterocycles. The van der Waals surface area contributed by atoms with E-state index in [2.05, 4.69) is 6.92 Å². The molecule has 0 atom stereocenters. The monoisotopic (exact) mass is 368 g/mol. The summed E-state index contributed by atoms with van der Waals surface area (Å²) in [5, 5.41) is 0.615. The van der Waals surface area contributed by atoms with Crippen LogP contribution in [0.15, 0.2) is 29.1 Å².